The number of rotatable bonds is 1. The Morgan fingerprint density at radius 2 is 1.56 bits per heavy atom. The second-order valence-corrected chi connectivity index (χ2v) is 5.14. The standard InChI is InChI=1S/C11H21F2N3/c1-14-5-7-16(8-6-14)10-3-4-15(2)9-11(10,12)13/h10H,3-9H2,1-2H3. The van der Waals surface area contributed by atoms with Crippen molar-refractivity contribution >= 4 is 0 Å². The minimum Gasteiger partial charge on any atom is -0.304 e. The third-order valence-electron chi connectivity index (χ3n) is 3.73. The molecular formula is C11H21F2N3. The van der Waals surface area contributed by atoms with E-state index in [2.05, 4.69) is 4.90 Å². The van der Waals surface area contributed by atoms with E-state index in [4.69, 9.17) is 0 Å². The van der Waals surface area contributed by atoms with E-state index >= 15 is 0 Å². The molecule has 1 atom stereocenters. The van der Waals surface area contributed by atoms with E-state index < -0.39 is 12.0 Å². The van der Waals surface area contributed by atoms with Gasteiger partial charge in [-0.25, -0.2) is 8.78 Å². The highest BCUT2D eigenvalue weighted by Gasteiger charge is 2.46. The highest BCUT2D eigenvalue weighted by molar-refractivity contribution is 4.93. The van der Waals surface area contributed by atoms with Gasteiger partial charge in [-0.15, -0.1) is 0 Å². The van der Waals surface area contributed by atoms with Gasteiger partial charge in [-0.05, 0) is 27.1 Å². The second-order valence-electron chi connectivity index (χ2n) is 5.14. The number of halogens is 2. The largest absolute Gasteiger partial charge is 0.304 e. The predicted molar refractivity (Wildman–Crippen MR) is 59.9 cm³/mol. The Morgan fingerprint density at radius 3 is 2.12 bits per heavy atom. The lowest BCUT2D eigenvalue weighted by molar-refractivity contribution is -0.128. The molecule has 0 bridgehead atoms. The maximum Gasteiger partial charge on any atom is 0.275 e. The summed E-state index contributed by atoms with van der Waals surface area (Å²) in [6, 6.07) is -0.544. The molecule has 5 heteroatoms. The number of likely N-dealkylation sites (N-methyl/N-ethyl adjacent to an activating group) is 1. The summed E-state index contributed by atoms with van der Waals surface area (Å²) in [6.45, 7) is 4.06. The lowest BCUT2D eigenvalue weighted by Crippen LogP contribution is -2.61. The molecule has 0 aromatic heterocycles. The monoisotopic (exact) mass is 233 g/mol. The lowest BCUT2D eigenvalue weighted by atomic mass is 9.98. The molecule has 2 aliphatic heterocycles. The Kier molecular flexibility index (Phi) is 3.47. The summed E-state index contributed by atoms with van der Waals surface area (Å²) in [5, 5.41) is 0. The molecule has 0 amide bonds. The first-order valence-corrected chi connectivity index (χ1v) is 5.98. The van der Waals surface area contributed by atoms with E-state index in [-0.39, 0.29) is 6.54 Å². The first kappa shape index (κ1) is 12.2. The van der Waals surface area contributed by atoms with Crippen LogP contribution >= 0.6 is 0 Å². The molecule has 0 aromatic rings. The van der Waals surface area contributed by atoms with Crippen LogP contribution in [0.25, 0.3) is 0 Å². The molecule has 1 unspecified atom stereocenters. The van der Waals surface area contributed by atoms with Crippen LogP contribution in [0.3, 0.4) is 0 Å². The zero-order valence-corrected chi connectivity index (χ0v) is 10.1. The average molecular weight is 233 g/mol. The van der Waals surface area contributed by atoms with Gasteiger partial charge in [0.15, 0.2) is 0 Å². The van der Waals surface area contributed by atoms with E-state index in [1.54, 1.807) is 11.9 Å². The SMILES string of the molecule is CN1CCN(C2CCN(C)CC2(F)F)CC1. The van der Waals surface area contributed by atoms with Crippen molar-refractivity contribution in [1.82, 2.24) is 14.7 Å². The Hall–Kier alpha value is -0.260. The number of piperazine rings is 1. The van der Waals surface area contributed by atoms with Gasteiger partial charge in [0.2, 0.25) is 0 Å². The minimum absolute atomic E-state index is 0.0932. The topological polar surface area (TPSA) is 9.72 Å². The molecule has 0 radical (unpaired) electrons. The van der Waals surface area contributed by atoms with Crippen LogP contribution in [0.4, 0.5) is 8.78 Å². The highest BCUT2D eigenvalue weighted by atomic mass is 19.3. The van der Waals surface area contributed by atoms with E-state index in [0.717, 1.165) is 32.7 Å². The molecular weight excluding hydrogens is 212 g/mol. The normalized spacial score (nSPS) is 34.1. The molecule has 16 heavy (non-hydrogen) atoms. The molecule has 0 aromatic carbocycles. The maximum atomic E-state index is 13.9. The summed E-state index contributed by atoms with van der Waals surface area (Å²) in [7, 11) is 3.82. The molecule has 2 rings (SSSR count). The zero-order valence-electron chi connectivity index (χ0n) is 10.1. The Bertz CT molecular complexity index is 239. The maximum absolute atomic E-state index is 13.9. The van der Waals surface area contributed by atoms with Crippen LogP contribution in [-0.4, -0.2) is 80.0 Å². The van der Waals surface area contributed by atoms with E-state index in [9.17, 15) is 8.78 Å². The van der Waals surface area contributed by atoms with E-state index in [1.165, 1.54) is 0 Å². The molecule has 2 aliphatic rings. The van der Waals surface area contributed by atoms with Gasteiger partial charge >= 0.3 is 0 Å². The summed E-state index contributed by atoms with van der Waals surface area (Å²) in [5.41, 5.74) is 0. The fraction of sp³-hybridized carbons (Fsp3) is 1.00. The van der Waals surface area contributed by atoms with Crippen molar-refractivity contribution in [3.63, 3.8) is 0 Å². The zero-order chi connectivity index (χ0) is 11.8. The number of hydrogen-bond donors (Lipinski definition) is 0. The lowest BCUT2D eigenvalue weighted by Gasteiger charge is -2.45. The summed E-state index contributed by atoms with van der Waals surface area (Å²) in [6.07, 6.45) is 0.590. The Balaban J connectivity index is 1.98. The average Bonchev–Trinajstić information content (AvgIpc) is 2.18. The quantitative estimate of drug-likeness (QED) is 0.656. The van der Waals surface area contributed by atoms with Gasteiger partial charge in [-0.3, -0.25) is 4.90 Å². The second kappa shape index (κ2) is 4.55. The molecule has 0 aliphatic carbocycles. The predicted octanol–water partition coefficient (Wildman–Crippen LogP) is 0.573. The van der Waals surface area contributed by atoms with Crippen LogP contribution < -0.4 is 0 Å². The van der Waals surface area contributed by atoms with Crippen molar-refractivity contribution < 1.29 is 8.78 Å². The van der Waals surface area contributed by atoms with Gasteiger partial charge in [0, 0.05) is 26.2 Å². The number of likely N-dealkylation sites (tertiary alicyclic amines) is 1. The van der Waals surface area contributed by atoms with E-state index in [0.29, 0.717) is 6.42 Å². The number of nitrogens with zero attached hydrogens (tertiary/aromatic N) is 3. The number of alkyl halides is 2. The summed E-state index contributed by atoms with van der Waals surface area (Å²) in [5.74, 6) is -2.55. The Morgan fingerprint density at radius 1 is 0.938 bits per heavy atom. The molecule has 0 saturated carbocycles. The van der Waals surface area contributed by atoms with Crippen LogP contribution in [0.5, 0.6) is 0 Å². The first-order chi connectivity index (χ1) is 7.49. The third-order valence-corrected chi connectivity index (χ3v) is 3.73. The van der Waals surface area contributed by atoms with Crippen molar-refractivity contribution in [2.75, 3.05) is 53.4 Å². The van der Waals surface area contributed by atoms with Crippen LogP contribution in [0.2, 0.25) is 0 Å². The van der Waals surface area contributed by atoms with Crippen molar-refractivity contribution in [2.24, 2.45) is 0 Å². The number of hydrogen-bond acceptors (Lipinski definition) is 3. The van der Waals surface area contributed by atoms with Crippen molar-refractivity contribution in [3.8, 4) is 0 Å². The van der Waals surface area contributed by atoms with E-state index in [1.807, 2.05) is 11.9 Å². The van der Waals surface area contributed by atoms with Gasteiger partial charge in [-0.2, -0.15) is 0 Å². The van der Waals surface area contributed by atoms with Gasteiger partial charge in [-0.1, -0.05) is 0 Å². The van der Waals surface area contributed by atoms with Crippen LogP contribution in [0, 0.1) is 0 Å². The van der Waals surface area contributed by atoms with Crippen molar-refractivity contribution in [2.45, 2.75) is 18.4 Å². The highest BCUT2D eigenvalue weighted by Crippen LogP contribution is 2.31. The molecule has 0 spiro atoms. The van der Waals surface area contributed by atoms with Gasteiger partial charge in [0.1, 0.15) is 0 Å². The summed E-state index contributed by atoms with van der Waals surface area (Å²) >= 11 is 0. The van der Waals surface area contributed by atoms with Crippen LogP contribution in [0.1, 0.15) is 6.42 Å². The molecule has 0 N–H and O–H groups in total. The molecule has 2 heterocycles. The molecule has 2 saturated heterocycles. The fourth-order valence-corrected chi connectivity index (χ4v) is 2.68. The fourth-order valence-electron chi connectivity index (χ4n) is 2.68. The number of piperidine rings is 1. The van der Waals surface area contributed by atoms with Crippen LogP contribution in [0.15, 0.2) is 0 Å². The van der Waals surface area contributed by atoms with Crippen molar-refractivity contribution in [3.05, 3.63) is 0 Å². The molecule has 2 fully saturated rings. The molecule has 94 valence electrons. The van der Waals surface area contributed by atoms with Crippen LogP contribution in [-0.2, 0) is 0 Å². The third kappa shape index (κ3) is 2.52. The Labute approximate surface area is 96.0 Å². The minimum atomic E-state index is -2.55. The van der Waals surface area contributed by atoms with Gasteiger partial charge < -0.3 is 9.80 Å². The van der Waals surface area contributed by atoms with Gasteiger partial charge in [0.05, 0.1) is 12.6 Å². The summed E-state index contributed by atoms with van der Waals surface area (Å²) < 4.78 is 27.8. The van der Waals surface area contributed by atoms with Crippen molar-refractivity contribution in [1.29, 1.82) is 0 Å². The summed E-state index contributed by atoms with van der Waals surface area (Å²) in [4.78, 5) is 5.91. The first-order valence-electron chi connectivity index (χ1n) is 5.98. The van der Waals surface area contributed by atoms with Gasteiger partial charge in [0.25, 0.3) is 5.92 Å². The smallest absolute Gasteiger partial charge is 0.275 e. The molecule has 3 nitrogen and oxygen atoms in total.